The summed E-state index contributed by atoms with van der Waals surface area (Å²) in [4.78, 5) is 7.20. The minimum Gasteiger partial charge on any atom is -0.378 e. The molecule has 0 spiro atoms. The quantitative estimate of drug-likeness (QED) is 0.339. The maximum Gasteiger partial charge on any atom is 0.191 e. The van der Waals surface area contributed by atoms with Crippen molar-refractivity contribution in [1.82, 2.24) is 20.1 Å². The summed E-state index contributed by atoms with van der Waals surface area (Å²) in [5, 5.41) is 6.71. The molecule has 1 aliphatic heterocycles. The lowest BCUT2D eigenvalue weighted by Gasteiger charge is -2.31. The fourth-order valence-corrected chi connectivity index (χ4v) is 3.75. The number of aliphatic imine (C=N–C) groups is 1. The highest BCUT2D eigenvalue weighted by Gasteiger charge is 2.19. The number of ether oxygens (including phenoxy) is 1. The molecule has 0 unspecified atom stereocenters. The number of hydrogen-bond donors (Lipinski definition) is 2. The lowest BCUT2D eigenvalue weighted by atomic mass is 10.1. The van der Waals surface area contributed by atoms with E-state index in [-0.39, 0.29) is 0 Å². The topological polar surface area (TPSA) is 53.8 Å². The zero-order valence-electron chi connectivity index (χ0n) is 18.3. The van der Waals surface area contributed by atoms with Gasteiger partial charge in [0.15, 0.2) is 5.96 Å². The van der Waals surface area contributed by atoms with Crippen LogP contribution in [0.2, 0.25) is 0 Å². The molecule has 164 valence electrons. The molecule has 1 aromatic heterocycles. The van der Waals surface area contributed by atoms with Crippen molar-refractivity contribution in [2.24, 2.45) is 4.99 Å². The summed E-state index contributed by atoms with van der Waals surface area (Å²) in [7, 11) is 0. The average molecular weight is 412 g/mol. The number of likely N-dealkylation sites (tertiary alicyclic amines) is 1. The number of piperidine rings is 1. The van der Waals surface area contributed by atoms with Crippen molar-refractivity contribution in [2.75, 3.05) is 39.3 Å². The molecule has 1 saturated heterocycles. The second-order valence-electron chi connectivity index (χ2n) is 7.79. The highest BCUT2D eigenvalue weighted by Crippen LogP contribution is 2.16. The van der Waals surface area contributed by atoms with Crippen LogP contribution in [0.3, 0.4) is 0 Å². The zero-order chi connectivity index (χ0) is 20.9. The minimum atomic E-state index is 0.397. The van der Waals surface area contributed by atoms with Crippen molar-refractivity contribution in [3.05, 3.63) is 60.4 Å². The molecule has 0 aliphatic carbocycles. The molecule has 0 saturated carbocycles. The van der Waals surface area contributed by atoms with E-state index in [0.29, 0.717) is 6.10 Å². The summed E-state index contributed by atoms with van der Waals surface area (Å²) >= 11 is 0. The van der Waals surface area contributed by atoms with Crippen LogP contribution in [-0.2, 0) is 17.8 Å². The molecule has 0 bridgehead atoms. The highest BCUT2D eigenvalue weighted by atomic mass is 16.5. The standard InChI is InChI=1S/C24H37N5O/c1-2-25-24(27-14-19-28-15-6-7-16-28)26-13-8-20-30-23-11-17-29(18-12-23)21-22-9-4-3-5-10-22/h3-7,9-10,15-16,23H,2,8,11-14,17-21H2,1H3,(H2,25,26,27). The smallest absolute Gasteiger partial charge is 0.191 e. The average Bonchev–Trinajstić information content (AvgIpc) is 3.29. The Bertz CT molecular complexity index is 708. The molecule has 1 fully saturated rings. The van der Waals surface area contributed by atoms with Crippen LogP contribution in [0.5, 0.6) is 0 Å². The van der Waals surface area contributed by atoms with Crippen LogP contribution in [0.1, 0.15) is 31.7 Å². The van der Waals surface area contributed by atoms with Gasteiger partial charge >= 0.3 is 0 Å². The van der Waals surface area contributed by atoms with Gasteiger partial charge in [-0.25, -0.2) is 0 Å². The van der Waals surface area contributed by atoms with Crippen molar-refractivity contribution < 1.29 is 4.74 Å². The first-order chi connectivity index (χ1) is 14.8. The number of hydrogen-bond acceptors (Lipinski definition) is 3. The van der Waals surface area contributed by atoms with Gasteiger partial charge in [-0.15, -0.1) is 0 Å². The third kappa shape index (κ3) is 8.20. The van der Waals surface area contributed by atoms with Gasteiger partial charge in [-0.3, -0.25) is 9.89 Å². The fraction of sp³-hybridized carbons (Fsp3) is 0.542. The molecule has 0 atom stereocenters. The maximum atomic E-state index is 6.11. The third-order valence-electron chi connectivity index (χ3n) is 5.38. The Kier molecular flexibility index (Phi) is 9.76. The summed E-state index contributed by atoms with van der Waals surface area (Å²) in [6.07, 6.45) is 7.76. The fourth-order valence-electron chi connectivity index (χ4n) is 3.75. The van der Waals surface area contributed by atoms with E-state index in [2.05, 4.69) is 74.7 Å². The molecule has 2 heterocycles. The Labute approximate surface area is 181 Å². The molecule has 3 rings (SSSR count). The largest absolute Gasteiger partial charge is 0.378 e. The number of benzene rings is 1. The second kappa shape index (κ2) is 13.1. The Balaban J connectivity index is 1.26. The molecule has 6 heteroatoms. The molecule has 30 heavy (non-hydrogen) atoms. The van der Waals surface area contributed by atoms with Gasteiger partial charge in [-0.05, 0) is 43.9 Å². The molecule has 2 aromatic rings. The first-order valence-corrected chi connectivity index (χ1v) is 11.3. The second-order valence-corrected chi connectivity index (χ2v) is 7.79. The van der Waals surface area contributed by atoms with E-state index in [1.54, 1.807) is 0 Å². The van der Waals surface area contributed by atoms with Gasteiger partial charge in [0.2, 0.25) is 0 Å². The monoisotopic (exact) mass is 411 g/mol. The predicted molar refractivity (Wildman–Crippen MR) is 124 cm³/mol. The van der Waals surface area contributed by atoms with Crippen LogP contribution in [0.25, 0.3) is 0 Å². The Morgan fingerprint density at radius 1 is 1.07 bits per heavy atom. The normalized spacial score (nSPS) is 16.0. The van der Waals surface area contributed by atoms with Crippen molar-refractivity contribution in [2.45, 2.75) is 45.4 Å². The summed E-state index contributed by atoms with van der Waals surface area (Å²) < 4.78 is 8.28. The highest BCUT2D eigenvalue weighted by molar-refractivity contribution is 5.79. The molecule has 6 nitrogen and oxygen atoms in total. The molecular formula is C24H37N5O. The minimum absolute atomic E-state index is 0.397. The number of aromatic nitrogens is 1. The van der Waals surface area contributed by atoms with Crippen LogP contribution >= 0.6 is 0 Å². The maximum absolute atomic E-state index is 6.11. The summed E-state index contributed by atoms with van der Waals surface area (Å²) in [6.45, 7) is 9.61. The predicted octanol–water partition coefficient (Wildman–Crippen LogP) is 3.11. The molecule has 1 aromatic carbocycles. The van der Waals surface area contributed by atoms with Gasteiger partial charge in [0.05, 0.1) is 6.10 Å². The van der Waals surface area contributed by atoms with Gasteiger partial charge in [0.25, 0.3) is 0 Å². The van der Waals surface area contributed by atoms with Crippen LogP contribution in [-0.4, -0.2) is 60.9 Å². The van der Waals surface area contributed by atoms with Crippen molar-refractivity contribution in [1.29, 1.82) is 0 Å². The third-order valence-corrected chi connectivity index (χ3v) is 5.38. The summed E-state index contributed by atoms with van der Waals surface area (Å²) in [5.74, 6) is 0.888. The van der Waals surface area contributed by atoms with E-state index in [0.717, 1.165) is 77.6 Å². The van der Waals surface area contributed by atoms with Gasteiger partial charge in [-0.1, -0.05) is 30.3 Å². The van der Waals surface area contributed by atoms with Crippen molar-refractivity contribution >= 4 is 5.96 Å². The lowest BCUT2D eigenvalue weighted by Crippen LogP contribution is -2.39. The van der Waals surface area contributed by atoms with E-state index in [9.17, 15) is 0 Å². The Hall–Kier alpha value is -2.31. The number of nitrogens with one attached hydrogen (secondary N) is 2. The van der Waals surface area contributed by atoms with Gasteiger partial charge in [0, 0.05) is 64.8 Å². The van der Waals surface area contributed by atoms with Gasteiger partial charge in [-0.2, -0.15) is 0 Å². The molecular weight excluding hydrogens is 374 g/mol. The van der Waals surface area contributed by atoms with Gasteiger partial charge < -0.3 is 19.9 Å². The first-order valence-electron chi connectivity index (χ1n) is 11.3. The van der Waals surface area contributed by atoms with E-state index in [4.69, 9.17) is 4.74 Å². The molecule has 1 aliphatic rings. The van der Waals surface area contributed by atoms with E-state index < -0.39 is 0 Å². The first kappa shape index (κ1) is 22.4. The number of nitrogens with zero attached hydrogens (tertiary/aromatic N) is 3. The van der Waals surface area contributed by atoms with Crippen molar-refractivity contribution in [3.63, 3.8) is 0 Å². The summed E-state index contributed by atoms with van der Waals surface area (Å²) in [6, 6.07) is 14.8. The van der Waals surface area contributed by atoms with E-state index >= 15 is 0 Å². The Morgan fingerprint density at radius 2 is 1.83 bits per heavy atom. The molecule has 0 amide bonds. The molecule has 0 radical (unpaired) electrons. The number of guanidine groups is 1. The van der Waals surface area contributed by atoms with E-state index in [1.807, 2.05) is 12.1 Å². The lowest BCUT2D eigenvalue weighted by molar-refractivity contribution is 0.00566. The Morgan fingerprint density at radius 3 is 2.57 bits per heavy atom. The van der Waals surface area contributed by atoms with Crippen LogP contribution < -0.4 is 10.6 Å². The van der Waals surface area contributed by atoms with Crippen LogP contribution in [0.15, 0.2) is 59.9 Å². The van der Waals surface area contributed by atoms with E-state index in [1.165, 1.54) is 5.56 Å². The van der Waals surface area contributed by atoms with Crippen LogP contribution in [0, 0.1) is 0 Å². The van der Waals surface area contributed by atoms with Crippen LogP contribution in [0.4, 0.5) is 0 Å². The SMILES string of the molecule is CCNC(=NCCCOC1CCN(Cc2ccccc2)CC1)NCCn1cccc1. The van der Waals surface area contributed by atoms with Gasteiger partial charge in [0.1, 0.15) is 0 Å². The summed E-state index contributed by atoms with van der Waals surface area (Å²) in [5.41, 5.74) is 1.40. The number of rotatable bonds is 11. The zero-order valence-corrected chi connectivity index (χ0v) is 18.3. The molecule has 2 N–H and O–H groups in total. The van der Waals surface area contributed by atoms with Crippen molar-refractivity contribution in [3.8, 4) is 0 Å².